The second-order valence-corrected chi connectivity index (χ2v) is 7.73. The molecule has 0 unspecified atom stereocenters. The van der Waals surface area contributed by atoms with Gasteiger partial charge in [0.2, 0.25) is 5.91 Å². The van der Waals surface area contributed by atoms with E-state index in [0.29, 0.717) is 27.6 Å². The Morgan fingerprint density at radius 1 is 1.00 bits per heavy atom. The Hall–Kier alpha value is -3.28. The van der Waals surface area contributed by atoms with E-state index in [1.165, 1.54) is 31.2 Å². The predicted molar refractivity (Wildman–Crippen MR) is 104 cm³/mol. The number of carbonyl (C=O) groups excluding carboxylic acids is 3. The molecule has 0 aromatic heterocycles. The van der Waals surface area contributed by atoms with E-state index in [1.807, 2.05) is 5.32 Å². The van der Waals surface area contributed by atoms with E-state index in [2.05, 4.69) is 5.32 Å². The second-order valence-electron chi connectivity index (χ2n) is 7.30. The van der Waals surface area contributed by atoms with Crippen molar-refractivity contribution in [2.24, 2.45) is 0 Å². The zero-order valence-corrected chi connectivity index (χ0v) is 17.3. The molecule has 6 nitrogen and oxygen atoms in total. The summed E-state index contributed by atoms with van der Waals surface area (Å²) in [5, 5.41) is 4.66. The molecule has 1 heterocycles. The van der Waals surface area contributed by atoms with Gasteiger partial charge in [-0.25, -0.2) is 4.79 Å². The van der Waals surface area contributed by atoms with Gasteiger partial charge >= 0.3 is 18.4 Å². The first kappa shape index (κ1) is 24.4. The summed E-state index contributed by atoms with van der Waals surface area (Å²) in [7, 11) is 0. The molecule has 1 aliphatic rings. The van der Waals surface area contributed by atoms with E-state index in [0.717, 1.165) is 0 Å². The molecule has 1 aliphatic heterocycles. The van der Waals surface area contributed by atoms with Crippen molar-refractivity contribution < 1.29 is 40.7 Å². The largest absolute Gasteiger partial charge is 0.416 e. The molecule has 0 bridgehead atoms. The number of urea groups is 1. The van der Waals surface area contributed by atoms with Crippen LogP contribution in [-0.4, -0.2) is 29.3 Å². The summed E-state index contributed by atoms with van der Waals surface area (Å²) in [5.74, 6) is -2.02. The molecular formula is C20H14ClF6N3O3. The minimum Gasteiger partial charge on any atom is -0.325 e. The average molecular weight is 494 g/mol. The number of anilines is 1. The van der Waals surface area contributed by atoms with Crippen LogP contribution >= 0.6 is 11.6 Å². The van der Waals surface area contributed by atoms with Gasteiger partial charge in [0.15, 0.2) is 0 Å². The Kier molecular flexibility index (Phi) is 6.09. The fourth-order valence-electron chi connectivity index (χ4n) is 3.19. The first-order valence-corrected chi connectivity index (χ1v) is 9.48. The number of hydrogen-bond donors (Lipinski definition) is 2. The zero-order valence-electron chi connectivity index (χ0n) is 16.6. The molecule has 13 heteroatoms. The fraction of sp³-hybridized carbons (Fsp3) is 0.250. The minimum atomic E-state index is -5.11. The molecule has 2 N–H and O–H groups in total. The van der Waals surface area contributed by atoms with Crippen molar-refractivity contribution in [3.63, 3.8) is 0 Å². The van der Waals surface area contributed by atoms with Crippen LogP contribution in [0.3, 0.4) is 0 Å². The van der Waals surface area contributed by atoms with Gasteiger partial charge in [-0.3, -0.25) is 14.5 Å². The van der Waals surface area contributed by atoms with Gasteiger partial charge in [0.25, 0.3) is 5.91 Å². The molecule has 33 heavy (non-hydrogen) atoms. The molecule has 0 spiro atoms. The summed E-state index contributed by atoms with van der Waals surface area (Å²) in [6.07, 6.45) is -10.2. The highest BCUT2D eigenvalue weighted by Gasteiger charge is 2.49. The molecule has 0 aliphatic carbocycles. The van der Waals surface area contributed by atoms with Gasteiger partial charge in [-0.1, -0.05) is 23.7 Å². The van der Waals surface area contributed by atoms with Crippen LogP contribution in [0.4, 0.5) is 36.8 Å². The van der Waals surface area contributed by atoms with Crippen molar-refractivity contribution in [3.8, 4) is 0 Å². The molecular weight excluding hydrogens is 480 g/mol. The maximum atomic E-state index is 13.0. The van der Waals surface area contributed by atoms with Crippen molar-refractivity contribution in [3.05, 3.63) is 64.2 Å². The van der Waals surface area contributed by atoms with Gasteiger partial charge in [-0.2, -0.15) is 26.3 Å². The summed E-state index contributed by atoms with van der Waals surface area (Å²) >= 11 is 5.81. The standard InChI is InChI=1S/C20H14ClF6N3O3/c1-18(10-2-4-13(21)5-3-10)16(32)30(17(33)29-18)9-15(31)28-14-7-11(19(22,23)24)6-12(8-14)20(25,26)27/h2-8H,9H2,1H3,(H,28,31)(H,29,33)/t18-/m1/s1. The Morgan fingerprint density at radius 3 is 2.00 bits per heavy atom. The molecule has 4 amide bonds. The van der Waals surface area contributed by atoms with E-state index in [1.54, 1.807) is 0 Å². The predicted octanol–water partition coefficient (Wildman–Crippen LogP) is 4.78. The second kappa shape index (κ2) is 8.25. The Balaban J connectivity index is 1.81. The number of hydrogen-bond acceptors (Lipinski definition) is 3. The van der Waals surface area contributed by atoms with Gasteiger partial charge in [-0.05, 0) is 42.8 Å². The van der Waals surface area contributed by atoms with Crippen LogP contribution in [-0.2, 0) is 27.5 Å². The van der Waals surface area contributed by atoms with Crippen LogP contribution in [0.25, 0.3) is 0 Å². The van der Waals surface area contributed by atoms with E-state index >= 15 is 0 Å². The van der Waals surface area contributed by atoms with E-state index < -0.39 is 59.1 Å². The maximum Gasteiger partial charge on any atom is 0.416 e. The Morgan fingerprint density at radius 2 is 1.52 bits per heavy atom. The Labute approximate surface area is 187 Å². The van der Waals surface area contributed by atoms with Crippen molar-refractivity contribution >= 4 is 35.1 Å². The summed E-state index contributed by atoms with van der Waals surface area (Å²) < 4.78 is 77.9. The number of nitrogens with one attached hydrogen (secondary N) is 2. The van der Waals surface area contributed by atoms with Crippen LogP contribution in [0.15, 0.2) is 42.5 Å². The lowest BCUT2D eigenvalue weighted by Gasteiger charge is -2.22. The number of benzene rings is 2. The SMILES string of the molecule is C[C@]1(c2ccc(Cl)cc2)NC(=O)N(CC(=O)Nc2cc(C(F)(F)F)cc(C(F)(F)F)c2)C1=O. The number of amides is 4. The highest BCUT2D eigenvalue weighted by Crippen LogP contribution is 2.37. The zero-order chi connectivity index (χ0) is 24.8. The monoisotopic (exact) mass is 493 g/mol. The molecule has 1 atom stereocenters. The number of nitrogens with zero attached hydrogens (tertiary/aromatic N) is 1. The van der Waals surface area contributed by atoms with Gasteiger partial charge in [0.1, 0.15) is 12.1 Å². The lowest BCUT2D eigenvalue weighted by Crippen LogP contribution is -2.42. The van der Waals surface area contributed by atoms with Crippen molar-refractivity contribution in [2.45, 2.75) is 24.8 Å². The molecule has 0 radical (unpaired) electrons. The number of carbonyl (C=O) groups is 3. The third kappa shape index (κ3) is 5.05. The van der Waals surface area contributed by atoms with Crippen molar-refractivity contribution in [2.75, 3.05) is 11.9 Å². The van der Waals surface area contributed by atoms with Gasteiger partial charge in [0, 0.05) is 10.7 Å². The molecule has 176 valence electrons. The fourth-order valence-corrected chi connectivity index (χ4v) is 3.32. The quantitative estimate of drug-likeness (QED) is 0.475. The lowest BCUT2D eigenvalue weighted by molar-refractivity contribution is -0.143. The van der Waals surface area contributed by atoms with Crippen LogP contribution in [0.1, 0.15) is 23.6 Å². The maximum absolute atomic E-state index is 13.0. The van der Waals surface area contributed by atoms with E-state index in [-0.39, 0.29) is 6.07 Å². The number of rotatable bonds is 4. The van der Waals surface area contributed by atoms with Crippen LogP contribution in [0.5, 0.6) is 0 Å². The van der Waals surface area contributed by atoms with Gasteiger partial charge in [-0.15, -0.1) is 0 Å². The number of alkyl halides is 6. The highest BCUT2D eigenvalue weighted by atomic mass is 35.5. The summed E-state index contributed by atoms with van der Waals surface area (Å²) in [6.45, 7) is 0.433. The third-order valence-electron chi connectivity index (χ3n) is 4.87. The molecule has 3 rings (SSSR count). The van der Waals surface area contributed by atoms with Gasteiger partial charge in [0.05, 0.1) is 11.1 Å². The number of halogens is 7. The summed E-state index contributed by atoms with van der Waals surface area (Å²) in [6, 6.07) is 5.48. The average Bonchev–Trinajstić information content (AvgIpc) is 2.90. The van der Waals surface area contributed by atoms with Crippen LogP contribution in [0.2, 0.25) is 5.02 Å². The van der Waals surface area contributed by atoms with Gasteiger partial charge < -0.3 is 10.6 Å². The first-order chi connectivity index (χ1) is 15.1. The molecule has 2 aromatic rings. The topological polar surface area (TPSA) is 78.5 Å². The Bertz CT molecular complexity index is 1090. The minimum absolute atomic E-state index is 0.0926. The summed E-state index contributed by atoms with van der Waals surface area (Å²) in [4.78, 5) is 37.9. The molecule has 2 aromatic carbocycles. The summed E-state index contributed by atoms with van der Waals surface area (Å²) in [5.41, 5.74) is -5.26. The molecule has 1 saturated heterocycles. The van der Waals surface area contributed by atoms with Crippen LogP contribution in [0, 0.1) is 0 Å². The van der Waals surface area contributed by atoms with E-state index in [4.69, 9.17) is 11.6 Å². The lowest BCUT2D eigenvalue weighted by atomic mass is 9.92. The van der Waals surface area contributed by atoms with Crippen LogP contribution < -0.4 is 10.6 Å². The normalized spacial score (nSPS) is 19.0. The first-order valence-electron chi connectivity index (χ1n) is 9.11. The smallest absolute Gasteiger partial charge is 0.325 e. The van der Waals surface area contributed by atoms with Crippen molar-refractivity contribution in [1.29, 1.82) is 0 Å². The molecule has 1 fully saturated rings. The third-order valence-corrected chi connectivity index (χ3v) is 5.12. The molecule has 0 saturated carbocycles. The number of imide groups is 1. The van der Waals surface area contributed by atoms with Crippen molar-refractivity contribution in [1.82, 2.24) is 10.2 Å². The van der Waals surface area contributed by atoms with E-state index in [9.17, 15) is 40.7 Å². The highest BCUT2D eigenvalue weighted by molar-refractivity contribution is 6.30.